The van der Waals surface area contributed by atoms with E-state index in [1.165, 1.54) is 13.5 Å². The van der Waals surface area contributed by atoms with Crippen molar-refractivity contribution in [1.29, 1.82) is 0 Å². The first kappa shape index (κ1) is 13.6. The summed E-state index contributed by atoms with van der Waals surface area (Å²) in [6, 6.07) is 3.63. The van der Waals surface area contributed by atoms with Crippen LogP contribution in [0, 0.1) is 5.92 Å². The van der Waals surface area contributed by atoms with Crippen molar-refractivity contribution in [3.63, 3.8) is 0 Å². The molecule has 5 heteroatoms. The number of likely N-dealkylation sites (tertiary alicyclic amines) is 1. The molecule has 1 aliphatic carbocycles. The molecule has 4 atom stereocenters. The van der Waals surface area contributed by atoms with Crippen molar-refractivity contribution in [1.82, 2.24) is 4.90 Å². The maximum absolute atomic E-state index is 11.7. The molecule has 2 aliphatic rings. The van der Waals surface area contributed by atoms with Crippen molar-refractivity contribution >= 4 is 5.97 Å². The highest BCUT2D eigenvalue weighted by Crippen LogP contribution is 2.47. The fraction of sp³-hybridized carbons (Fsp3) is 0.667. The Labute approximate surface area is 118 Å². The van der Waals surface area contributed by atoms with E-state index in [2.05, 4.69) is 6.92 Å². The highest BCUT2D eigenvalue weighted by atomic mass is 16.5. The Balaban J connectivity index is 1.66. The van der Waals surface area contributed by atoms with Crippen LogP contribution in [0.3, 0.4) is 0 Å². The molecule has 1 aromatic rings. The van der Waals surface area contributed by atoms with Gasteiger partial charge in [-0.1, -0.05) is 6.92 Å². The Morgan fingerprint density at radius 3 is 2.90 bits per heavy atom. The van der Waals surface area contributed by atoms with E-state index in [0.29, 0.717) is 31.3 Å². The van der Waals surface area contributed by atoms with Crippen molar-refractivity contribution in [2.24, 2.45) is 5.92 Å². The largest absolute Gasteiger partial charge is 0.468 e. The Kier molecular flexibility index (Phi) is 3.56. The number of nitrogens with zero attached hydrogens (tertiary/aromatic N) is 1. The van der Waals surface area contributed by atoms with Crippen molar-refractivity contribution in [3.8, 4) is 0 Å². The molecular weight excluding hydrogens is 258 g/mol. The summed E-state index contributed by atoms with van der Waals surface area (Å²) in [6.07, 6.45) is 1.15. The molecule has 0 spiro atoms. The van der Waals surface area contributed by atoms with E-state index in [1.807, 2.05) is 17.0 Å². The third-order valence-electron chi connectivity index (χ3n) is 4.37. The number of furan rings is 1. The molecule has 0 bridgehead atoms. The molecule has 20 heavy (non-hydrogen) atoms. The molecule has 4 unspecified atom stereocenters. The summed E-state index contributed by atoms with van der Waals surface area (Å²) < 4.78 is 10.7. The van der Waals surface area contributed by atoms with E-state index >= 15 is 0 Å². The summed E-state index contributed by atoms with van der Waals surface area (Å²) in [5.74, 6) is 2.88. The van der Waals surface area contributed by atoms with Gasteiger partial charge in [0, 0.05) is 18.9 Å². The second-order valence-electron chi connectivity index (χ2n) is 5.98. The first-order valence-electron chi connectivity index (χ1n) is 7.17. The summed E-state index contributed by atoms with van der Waals surface area (Å²) in [7, 11) is 1.38. The van der Waals surface area contributed by atoms with Crippen LogP contribution in [0.4, 0.5) is 0 Å². The van der Waals surface area contributed by atoms with E-state index in [-0.39, 0.29) is 12.0 Å². The maximum Gasteiger partial charge on any atom is 0.323 e. The zero-order valence-corrected chi connectivity index (χ0v) is 11.9. The van der Waals surface area contributed by atoms with Gasteiger partial charge in [0.2, 0.25) is 0 Å². The van der Waals surface area contributed by atoms with Crippen LogP contribution in [0.1, 0.15) is 37.2 Å². The predicted octanol–water partition coefficient (Wildman–Crippen LogP) is 1.51. The zero-order chi connectivity index (χ0) is 14.3. The molecule has 1 N–H and O–H groups in total. The van der Waals surface area contributed by atoms with E-state index in [4.69, 9.17) is 9.15 Å². The summed E-state index contributed by atoms with van der Waals surface area (Å²) in [5.41, 5.74) is 0. The molecule has 2 fully saturated rings. The lowest BCUT2D eigenvalue weighted by Gasteiger charge is -2.20. The molecule has 5 nitrogen and oxygen atoms in total. The number of β-amino-alcohol motifs (C(OH)–C–C–N with tert-alkyl or cyclic N) is 1. The fourth-order valence-corrected chi connectivity index (χ4v) is 3.03. The Hall–Kier alpha value is -1.33. The van der Waals surface area contributed by atoms with Gasteiger partial charge >= 0.3 is 5.97 Å². The van der Waals surface area contributed by atoms with Crippen LogP contribution in [0.5, 0.6) is 0 Å². The van der Waals surface area contributed by atoms with Crippen LogP contribution in [-0.2, 0) is 16.1 Å². The number of carbonyl (C=O) groups is 1. The minimum atomic E-state index is -0.475. The molecular formula is C15H21NO4. The number of rotatable bonds is 4. The Morgan fingerprint density at radius 2 is 2.25 bits per heavy atom. The van der Waals surface area contributed by atoms with Gasteiger partial charge in [-0.15, -0.1) is 0 Å². The predicted molar refractivity (Wildman–Crippen MR) is 72.1 cm³/mol. The standard InChI is InChI=1S/C15H21NO4/c1-9-5-12(9)14-4-3-11(20-14)8-16-7-10(17)6-13(16)15(18)19-2/h3-4,9-10,12-13,17H,5-8H2,1-2H3. The van der Waals surface area contributed by atoms with E-state index in [1.54, 1.807) is 0 Å². The minimum Gasteiger partial charge on any atom is -0.468 e. The number of ether oxygens (including phenoxy) is 1. The molecule has 0 radical (unpaired) electrons. The van der Waals surface area contributed by atoms with Gasteiger partial charge in [0.15, 0.2) is 0 Å². The zero-order valence-electron chi connectivity index (χ0n) is 11.9. The number of hydrogen-bond acceptors (Lipinski definition) is 5. The van der Waals surface area contributed by atoms with Crippen molar-refractivity contribution in [2.75, 3.05) is 13.7 Å². The van der Waals surface area contributed by atoms with Crippen molar-refractivity contribution < 1.29 is 19.1 Å². The average molecular weight is 279 g/mol. The summed E-state index contributed by atoms with van der Waals surface area (Å²) >= 11 is 0. The summed E-state index contributed by atoms with van der Waals surface area (Å²) in [6.45, 7) is 3.24. The second-order valence-corrected chi connectivity index (χ2v) is 5.98. The minimum absolute atomic E-state index is 0.288. The average Bonchev–Trinajstić information content (AvgIpc) is 2.85. The lowest BCUT2D eigenvalue weighted by molar-refractivity contribution is -0.146. The van der Waals surface area contributed by atoms with E-state index in [0.717, 1.165) is 11.5 Å². The maximum atomic E-state index is 11.7. The Bertz CT molecular complexity index is 498. The number of aliphatic hydroxyl groups is 1. The molecule has 1 aliphatic heterocycles. The summed E-state index contributed by atoms with van der Waals surface area (Å²) in [5, 5.41) is 9.75. The molecule has 0 aromatic carbocycles. The van der Waals surface area contributed by atoms with E-state index in [9.17, 15) is 9.90 Å². The third kappa shape index (κ3) is 2.60. The van der Waals surface area contributed by atoms with Gasteiger partial charge in [0.1, 0.15) is 17.6 Å². The van der Waals surface area contributed by atoms with Gasteiger partial charge in [-0.2, -0.15) is 0 Å². The van der Waals surface area contributed by atoms with Gasteiger partial charge in [-0.25, -0.2) is 0 Å². The molecule has 1 saturated heterocycles. The van der Waals surface area contributed by atoms with Gasteiger partial charge in [0.25, 0.3) is 0 Å². The Morgan fingerprint density at radius 1 is 1.50 bits per heavy atom. The molecule has 110 valence electrons. The normalized spacial score (nSPS) is 33.4. The van der Waals surface area contributed by atoms with Crippen molar-refractivity contribution in [3.05, 3.63) is 23.7 Å². The first-order chi connectivity index (χ1) is 9.58. The number of aliphatic hydroxyl groups excluding tert-OH is 1. The second kappa shape index (κ2) is 5.22. The number of methoxy groups -OCH3 is 1. The van der Waals surface area contributed by atoms with Crippen LogP contribution in [0.25, 0.3) is 0 Å². The third-order valence-corrected chi connectivity index (χ3v) is 4.37. The van der Waals surface area contributed by atoms with Gasteiger partial charge in [0.05, 0.1) is 19.8 Å². The number of hydrogen-bond donors (Lipinski definition) is 1. The van der Waals surface area contributed by atoms with Crippen LogP contribution in [0.2, 0.25) is 0 Å². The molecule has 2 heterocycles. The smallest absolute Gasteiger partial charge is 0.323 e. The lowest BCUT2D eigenvalue weighted by Crippen LogP contribution is -2.36. The highest BCUT2D eigenvalue weighted by molar-refractivity contribution is 5.76. The van der Waals surface area contributed by atoms with Gasteiger partial charge in [-0.05, 0) is 24.5 Å². The van der Waals surface area contributed by atoms with Crippen LogP contribution in [-0.4, -0.2) is 41.8 Å². The lowest BCUT2D eigenvalue weighted by atomic mass is 10.2. The van der Waals surface area contributed by atoms with Gasteiger partial charge < -0.3 is 14.3 Å². The van der Waals surface area contributed by atoms with Crippen LogP contribution in [0.15, 0.2) is 16.5 Å². The molecule has 3 rings (SSSR count). The van der Waals surface area contributed by atoms with Crippen molar-refractivity contribution in [2.45, 2.75) is 44.4 Å². The first-order valence-corrected chi connectivity index (χ1v) is 7.17. The molecule has 0 amide bonds. The number of carbonyl (C=O) groups excluding carboxylic acids is 1. The highest BCUT2D eigenvalue weighted by Gasteiger charge is 2.38. The topological polar surface area (TPSA) is 62.9 Å². The molecule has 1 saturated carbocycles. The quantitative estimate of drug-likeness (QED) is 0.846. The SMILES string of the molecule is COC(=O)C1CC(O)CN1Cc1ccc(C2CC2C)o1. The summed E-state index contributed by atoms with van der Waals surface area (Å²) in [4.78, 5) is 13.6. The number of esters is 1. The monoisotopic (exact) mass is 279 g/mol. The van der Waals surface area contributed by atoms with Crippen LogP contribution < -0.4 is 0 Å². The van der Waals surface area contributed by atoms with Crippen LogP contribution >= 0.6 is 0 Å². The van der Waals surface area contributed by atoms with E-state index < -0.39 is 6.10 Å². The fourth-order valence-electron chi connectivity index (χ4n) is 3.03. The molecule has 1 aromatic heterocycles. The van der Waals surface area contributed by atoms with Gasteiger partial charge in [-0.3, -0.25) is 9.69 Å².